The summed E-state index contributed by atoms with van der Waals surface area (Å²) in [4.78, 5) is 22.6. The molecule has 2 N–H and O–H groups in total. The first-order valence-electron chi connectivity index (χ1n) is 6.78. The van der Waals surface area contributed by atoms with Gasteiger partial charge in [0, 0.05) is 18.9 Å². The molecule has 2 aromatic rings. The topological polar surface area (TPSA) is 72.1 Å². The van der Waals surface area contributed by atoms with Crippen molar-refractivity contribution in [1.82, 2.24) is 14.9 Å². The molecule has 1 amide bonds. The van der Waals surface area contributed by atoms with Gasteiger partial charge in [-0.05, 0) is 30.5 Å². The molecule has 1 aliphatic heterocycles. The minimum atomic E-state index is -0.108. The number of nitrogens with two attached hydrogens (primary N) is 1. The molecule has 0 aliphatic carbocycles. The normalized spacial score (nSPS) is 18.0. The van der Waals surface area contributed by atoms with Crippen LogP contribution in [0.15, 0.2) is 36.8 Å². The number of nitrogen functional groups attached to an aromatic ring is 1. The molecule has 0 spiro atoms. The van der Waals surface area contributed by atoms with Crippen molar-refractivity contribution in [3.8, 4) is 0 Å². The van der Waals surface area contributed by atoms with Crippen molar-refractivity contribution in [2.24, 2.45) is 0 Å². The summed E-state index contributed by atoms with van der Waals surface area (Å²) < 4.78 is 0. The van der Waals surface area contributed by atoms with Gasteiger partial charge in [0.15, 0.2) is 0 Å². The van der Waals surface area contributed by atoms with Crippen LogP contribution in [0, 0.1) is 0 Å². The van der Waals surface area contributed by atoms with Gasteiger partial charge in [-0.3, -0.25) is 9.78 Å². The fourth-order valence-corrected chi connectivity index (χ4v) is 2.87. The number of aromatic nitrogens is 2. The monoisotopic (exact) mass is 302 g/mol. The molecule has 1 aliphatic rings. The molecule has 1 atom stereocenters. The van der Waals surface area contributed by atoms with E-state index >= 15 is 0 Å². The Kier molecular flexibility index (Phi) is 3.75. The summed E-state index contributed by atoms with van der Waals surface area (Å²) in [7, 11) is 0. The van der Waals surface area contributed by atoms with Gasteiger partial charge in [-0.1, -0.05) is 17.7 Å². The second kappa shape index (κ2) is 5.69. The Morgan fingerprint density at radius 1 is 1.43 bits per heavy atom. The molecular formula is C15H15ClN4O. The Balaban J connectivity index is 1.92. The maximum absolute atomic E-state index is 12.7. The first kappa shape index (κ1) is 13.8. The zero-order valence-electron chi connectivity index (χ0n) is 11.4. The number of rotatable bonds is 2. The summed E-state index contributed by atoms with van der Waals surface area (Å²) in [6.45, 7) is 0.706. The van der Waals surface area contributed by atoms with E-state index in [9.17, 15) is 4.79 Å². The number of pyridine rings is 2. The zero-order valence-corrected chi connectivity index (χ0v) is 12.1. The number of nitrogens with zero attached hydrogens (tertiary/aromatic N) is 3. The quantitative estimate of drug-likeness (QED) is 0.866. The largest absolute Gasteiger partial charge is 0.397 e. The Bertz CT molecular complexity index is 662. The number of hydrogen-bond acceptors (Lipinski definition) is 4. The first-order valence-corrected chi connectivity index (χ1v) is 7.16. The van der Waals surface area contributed by atoms with Gasteiger partial charge in [0.2, 0.25) is 0 Å². The van der Waals surface area contributed by atoms with Gasteiger partial charge < -0.3 is 10.6 Å². The molecule has 5 nitrogen and oxygen atoms in total. The number of amides is 1. The number of anilines is 1. The zero-order chi connectivity index (χ0) is 14.8. The van der Waals surface area contributed by atoms with Crippen molar-refractivity contribution < 1.29 is 4.79 Å². The molecule has 0 radical (unpaired) electrons. The number of carbonyl (C=O) groups excluding carboxylic acids is 1. The van der Waals surface area contributed by atoms with E-state index in [0.29, 0.717) is 17.8 Å². The fraction of sp³-hybridized carbons (Fsp3) is 0.267. The van der Waals surface area contributed by atoms with E-state index in [2.05, 4.69) is 9.97 Å². The summed E-state index contributed by atoms with van der Waals surface area (Å²) >= 11 is 5.87. The van der Waals surface area contributed by atoms with Crippen LogP contribution in [0.25, 0.3) is 0 Å². The summed E-state index contributed by atoms with van der Waals surface area (Å²) in [5, 5.41) is 0.268. The van der Waals surface area contributed by atoms with Crippen molar-refractivity contribution in [3.05, 3.63) is 53.1 Å². The minimum Gasteiger partial charge on any atom is -0.397 e. The highest BCUT2D eigenvalue weighted by molar-refractivity contribution is 6.29. The second-order valence-corrected chi connectivity index (χ2v) is 5.42. The van der Waals surface area contributed by atoms with Crippen LogP contribution in [0.2, 0.25) is 5.15 Å². The lowest BCUT2D eigenvalue weighted by molar-refractivity contribution is 0.0736. The highest BCUT2D eigenvalue weighted by Gasteiger charge is 2.31. The van der Waals surface area contributed by atoms with Gasteiger partial charge >= 0.3 is 0 Å². The third-order valence-electron chi connectivity index (χ3n) is 3.71. The van der Waals surface area contributed by atoms with Gasteiger partial charge in [-0.2, -0.15) is 0 Å². The molecular weight excluding hydrogens is 288 g/mol. The van der Waals surface area contributed by atoms with E-state index in [1.165, 1.54) is 12.3 Å². The Morgan fingerprint density at radius 2 is 2.29 bits per heavy atom. The predicted octanol–water partition coefficient (Wildman–Crippen LogP) is 2.69. The third kappa shape index (κ3) is 2.69. The van der Waals surface area contributed by atoms with E-state index in [-0.39, 0.29) is 17.1 Å². The molecule has 3 heterocycles. The van der Waals surface area contributed by atoms with Crippen LogP contribution in [0.3, 0.4) is 0 Å². The van der Waals surface area contributed by atoms with Crippen LogP contribution < -0.4 is 5.73 Å². The molecule has 1 fully saturated rings. The molecule has 6 heteroatoms. The van der Waals surface area contributed by atoms with E-state index in [0.717, 1.165) is 18.4 Å². The second-order valence-electron chi connectivity index (χ2n) is 5.04. The van der Waals surface area contributed by atoms with Crippen LogP contribution in [0.5, 0.6) is 0 Å². The van der Waals surface area contributed by atoms with Gasteiger partial charge in [0.05, 0.1) is 23.5 Å². The summed E-state index contributed by atoms with van der Waals surface area (Å²) in [5.41, 5.74) is 7.66. The number of halogens is 1. The number of hydrogen-bond donors (Lipinski definition) is 1. The molecule has 21 heavy (non-hydrogen) atoms. The maximum Gasteiger partial charge on any atom is 0.256 e. The average Bonchev–Trinajstić information content (AvgIpc) is 2.99. The lowest BCUT2D eigenvalue weighted by Gasteiger charge is -2.25. The van der Waals surface area contributed by atoms with Crippen LogP contribution in [0.4, 0.5) is 5.69 Å². The Morgan fingerprint density at radius 3 is 3.05 bits per heavy atom. The lowest BCUT2D eigenvalue weighted by Crippen LogP contribution is -2.31. The van der Waals surface area contributed by atoms with Crippen LogP contribution >= 0.6 is 11.6 Å². The molecule has 108 valence electrons. The number of carbonyl (C=O) groups is 1. The molecule has 1 unspecified atom stereocenters. The van der Waals surface area contributed by atoms with Gasteiger partial charge in [0.25, 0.3) is 5.91 Å². The summed E-state index contributed by atoms with van der Waals surface area (Å²) in [5.74, 6) is -0.108. The van der Waals surface area contributed by atoms with Crippen molar-refractivity contribution in [2.75, 3.05) is 12.3 Å². The van der Waals surface area contributed by atoms with Crippen molar-refractivity contribution in [2.45, 2.75) is 18.9 Å². The van der Waals surface area contributed by atoms with E-state index in [4.69, 9.17) is 17.3 Å². The SMILES string of the molecule is Nc1cnc(Cl)cc1C(=O)N1CCCC1c1cccnc1. The number of likely N-dealkylation sites (tertiary alicyclic amines) is 1. The van der Waals surface area contributed by atoms with Gasteiger partial charge in [0.1, 0.15) is 5.15 Å². The highest BCUT2D eigenvalue weighted by Crippen LogP contribution is 2.33. The van der Waals surface area contributed by atoms with E-state index in [1.54, 1.807) is 12.4 Å². The average molecular weight is 303 g/mol. The highest BCUT2D eigenvalue weighted by atomic mass is 35.5. The molecule has 1 saturated heterocycles. The van der Waals surface area contributed by atoms with Crippen molar-refractivity contribution >= 4 is 23.2 Å². The molecule has 0 bridgehead atoms. The lowest BCUT2D eigenvalue weighted by atomic mass is 10.1. The molecule has 2 aromatic heterocycles. The van der Waals surface area contributed by atoms with E-state index in [1.807, 2.05) is 17.0 Å². The Labute approximate surface area is 127 Å². The third-order valence-corrected chi connectivity index (χ3v) is 3.92. The van der Waals surface area contributed by atoms with Crippen molar-refractivity contribution in [3.63, 3.8) is 0 Å². The standard InChI is InChI=1S/C15H15ClN4O/c16-14-7-11(12(17)9-19-14)15(21)20-6-2-4-13(20)10-3-1-5-18-8-10/h1,3,5,7-9,13H,2,4,6,17H2. The summed E-state index contributed by atoms with van der Waals surface area (Å²) in [6.07, 6.45) is 6.84. The van der Waals surface area contributed by atoms with Crippen molar-refractivity contribution in [1.29, 1.82) is 0 Å². The first-order chi connectivity index (χ1) is 10.2. The molecule has 3 rings (SSSR count). The maximum atomic E-state index is 12.7. The predicted molar refractivity (Wildman–Crippen MR) is 80.9 cm³/mol. The van der Waals surface area contributed by atoms with Crippen LogP contribution in [-0.4, -0.2) is 27.3 Å². The smallest absolute Gasteiger partial charge is 0.256 e. The van der Waals surface area contributed by atoms with Gasteiger partial charge in [-0.15, -0.1) is 0 Å². The van der Waals surface area contributed by atoms with Crippen LogP contribution in [0.1, 0.15) is 34.8 Å². The molecule has 0 saturated carbocycles. The fourth-order valence-electron chi connectivity index (χ4n) is 2.71. The van der Waals surface area contributed by atoms with E-state index < -0.39 is 0 Å². The molecule has 0 aromatic carbocycles. The minimum absolute atomic E-state index is 0.0394. The summed E-state index contributed by atoms with van der Waals surface area (Å²) in [6, 6.07) is 5.44. The van der Waals surface area contributed by atoms with Gasteiger partial charge in [-0.25, -0.2) is 4.98 Å². The Hall–Kier alpha value is -2.14. The van der Waals surface area contributed by atoms with Crippen LogP contribution in [-0.2, 0) is 0 Å².